The summed E-state index contributed by atoms with van der Waals surface area (Å²) in [5, 5.41) is 5.24. The maximum absolute atomic E-state index is 5.60. The Bertz CT molecular complexity index is 3290. The van der Waals surface area contributed by atoms with E-state index in [1.165, 1.54) is 0 Å². The Labute approximate surface area is 322 Å². The SMILES string of the molecule is c1ccc(-c2nc3cc(-c4ccccc4)c4c5ccccc5nc(-c5cccc(-c6ccc7ccc8cccnc8c7n6)c5)c4c3nc2-c2ccccc2)cc1. The van der Waals surface area contributed by atoms with Gasteiger partial charge in [0, 0.05) is 55.4 Å². The molecule has 0 fully saturated rings. The second-order valence-corrected chi connectivity index (χ2v) is 14.0. The first-order chi connectivity index (χ1) is 27.8. The molecule has 0 saturated heterocycles. The third kappa shape index (κ3) is 5.29. The van der Waals surface area contributed by atoms with E-state index in [1.54, 1.807) is 0 Å². The molecule has 56 heavy (non-hydrogen) atoms. The predicted molar refractivity (Wildman–Crippen MR) is 230 cm³/mol. The number of hydrogen-bond acceptors (Lipinski definition) is 5. The molecule has 0 aliphatic heterocycles. The summed E-state index contributed by atoms with van der Waals surface area (Å²) in [5.41, 5.74) is 13.8. The quantitative estimate of drug-likeness (QED) is 0.166. The fraction of sp³-hybridized carbons (Fsp3) is 0. The summed E-state index contributed by atoms with van der Waals surface area (Å²) < 4.78 is 0. The third-order valence-electron chi connectivity index (χ3n) is 10.6. The zero-order chi connectivity index (χ0) is 37.0. The van der Waals surface area contributed by atoms with Gasteiger partial charge in [-0.25, -0.2) is 19.9 Å². The van der Waals surface area contributed by atoms with Crippen molar-refractivity contribution in [3.05, 3.63) is 188 Å². The normalized spacial score (nSPS) is 11.6. The molecule has 5 nitrogen and oxygen atoms in total. The van der Waals surface area contributed by atoms with Gasteiger partial charge in [0.2, 0.25) is 0 Å². The van der Waals surface area contributed by atoms with Crippen molar-refractivity contribution >= 4 is 54.5 Å². The van der Waals surface area contributed by atoms with E-state index >= 15 is 0 Å². The molecular weight excluding hydrogens is 683 g/mol. The van der Waals surface area contributed by atoms with Crippen molar-refractivity contribution in [2.24, 2.45) is 0 Å². The smallest absolute Gasteiger partial charge is 0.0995 e. The van der Waals surface area contributed by atoms with Crippen LogP contribution in [0, 0.1) is 0 Å². The van der Waals surface area contributed by atoms with Crippen LogP contribution in [-0.4, -0.2) is 24.9 Å². The summed E-state index contributed by atoms with van der Waals surface area (Å²) in [6, 6.07) is 63.0. The van der Waals surface area contributed by atoms with Gasteiger partial charge in [-0.3, -0.25) is 4.98 Å². The van der Waals surface area contributed by atoms with Crippen LogP contribution >= 0.6 is 0 Å². The molecule has 11 rings (SSSR count). The average molecular weight is 714 g/mol. The zero-order valence-electron chi connectivity index (χ0n) is 30.1. The second kappa shape index (κ2) is 13.0. The second-order valence-electron chi connectivity index (χ2n) is 14.0. The first-order valence-electron chi connectivity index (χ1n) is 18.8. The highest BCUT2D eigenvalue weighted by atomic mass is 14.8. The van der Waals surface area contributed by atoms with E-state index in [-0.39, 0.29) is 0 Å². The van der Waals surface area contributed by atoms with Gasteiger partial charge in [-0.15, -0.1) is 0 Å². The van der Waals surface area contributed by atoms with Gasteiger partial charge in [0.15, 0.2) is 0 Å². The van der Waals surface area contributed by atoms with Crippen LogP contribution in [-0.2, 0) is 0 Å². The highest BCUT2D eigenvalue weighted by Gasteiger charge is 2.22. The minimum absolute atomic E-state index is 0.804. The first kappa shape index (κ1) is 31.9. The third-order valence-corrected chi connectivity index (χ3v) is 10.6. The molecule has 0 aliphatic carbocycles. The fourth-order valence-electron chi connectivity index (χ4n) is 8.02. The molecule has 4 aromatic heterocycles. The van der Waals surface area contributed by atoms with Gasteiger partial charge in [0.25, 0.3) is 0 Å². The Hall–Kier alpha value is -7.63. The van der Waals surface area contributed by atoms with E-state index in [0.29, 0.717) is 0 Å². The minimum atomic E-state index is 0.804. The number of fused-ring (bicyclic) bond motifs is 8. The van der Waals surface area contributed by atoms with E-state index in [1.807, 2.05) is 24.4 Å². The fourth-order valence-corrected chi connectivity index (χ4v) is 8.02. The number of benzene rings is 7. The van der Waals surface area contributed by atoms with E-state index < -0.39 is 0 Å². The van der Waals surface area contributed by atoms with Gasteiger partial charge < -0.3 is 0 Å². The van der Waals surface area contributed by atoms with Crippen LogP contribution in [0.15, 0.2) is 188 Å². The lowest BCUT2D eigenvalue weighted by atomic mass is 9.91. The van der Waals surface area contributed by atoms with Crippen LogP contribution in [0.5, 0.6) is 0 Å². The lowest BCUT2D eigenvalue weighted by Crippen LogP contribution is -2.00. The molecule has 11 aromatic rings. The van der Waals surface area contributed by atoms with Crippen LogP contribution in [0.25, 0.3) is 111 Å². The van der Waals surface area contributed by atoms with Crippen molar-refractivity contribution in [2.75, 3.05) is 0 Å². The minimum Gasteiger partial charge on any atom is -0.254 e. The first-order valence-corrected chi connectivity index (χ1v) is 18.8. The predicted octanol–water partition coefficient (Wildman–Crippen LogP) is 12.8. The summed E-state index contributed by atoms with van der Waals surface area (Å²) in [5.74, 6) is 0. The van der Waals surface area contributed by atoms with Gasteiger partial charge in [-0.1, -0.05) is 152 Å². The highest BCUT2D eigenvalue weighted by molar-refractivity contribution is 6.25. The van der Waals surface area contributed by atoms with Gasteiger partial charge in [-0.2, -0.15) is 0 Å². The molecule has 0 aliphatic rings. The molecule has 0 saturated carbocycles. The van der Waals surface area contributed by atoms with E-state index in [0.717, 1.165) is 111 Å². The zero-order valence-corrected chi connectivity index (χ0v) is 30.1. The lowest BCUT2D eigenvalue weighted by molar-refractivity contribution is 1.30. The molecule has 0 unspecified atom stereocenters. The van der Waals surface area contributed by atoms with E-state index in [2.05, 4.69) is 164 Å². The van der Waals surface area contributed by atoms with E-state index in [9.17, 15) is 0 Å². The molecule has 0 spiro atoms. The summed E-state index contributed by atoms with van der Waals surface area (Å²) in [4.78, 5) is 26.5. The number of rotatable bonds is 5. The highest BCUT2D eigenvalue weighted by Crippen LogP contribution is 2.44. The van der Waals surface area contributed by atoms with Crippen LogP contribution in [0.2, 0.25) is 0 Å². The standard InChI is InChI=1S/C51H31N5/c1-4-14-32(15-5-1)40-31-43-51(56-50(34-18-8-3-9-19-34)49(55-43)33-16-6-2-7-17-33)45-44(40)39-23-10-11-24-42(39)54-46(45)38-21-12-20-37(30-38)41-28-27-36-26-25-35-22-13-29-52-47(35)48(36)53-41/h1-31H. The number of nitrogens with zero attached hydrogens (tertiary/aromatic N) is 5. The molecule has 0 amide bonds. The van der Waals surface area contributed by atoms with Crippen molar-refractivity contribution < 1.29 is 0 Å². The molecule has 0 N–H and O–H groups in total. The van der Waals surface area contributed by atoms with E-state index in [4.69, 9.17) is 24.9 Å². The molecular formula is C51H31N5. The van der Waals surface area contributed by atoms with Crippen molar-refractivity contribution in [1.82, 2.24) is 24.9 Å². The lowest BCUT2D eigenvalue weighted by Gasteiger charge is -2.18. The van der Waals surface area contributed by atoms with Crippen LogP contribution in [0.3, 0.4) is 0 Å². The topological polar surface area (TPSA) is 64.5 Å². The molecule has 0 atom stereocenters. The maximum atomic E-state index is 5.60. The average Bonchev–Trinajstić information content (AvgIpc) is 3.28. The van der Waals surface area contributed by atoms with Crippen LogP contribution in [0.4, 0.5) is 0 Å². The number of pyridine rings is 3. The summed E-state index contributed by atoms with van der Waals surface area (Å²) in [6.45, 7) is 0. The Morgan fingerprint density at radius 2 is 0.929 bits per heavy atom. The molecule has 5 heteroatoms. The van der Waals surface area contributed by atoms with Gasteiger partial charge in [-0.05, 0) is 41.5 Å². The van der Waals surface area contributed by atoms with Crippen molar-refractivity contribution in [1.29, 1.82) is 0 Å². The summed E-state index contributed by atoms with van der Waals surface area (Å²) >= 11 is 0. The van der Waals surface area contributed by atoms with Crippen LogP contribution < -0.4 is 0 Å². The molecule has 0 radical (unpaired) electrons. The number of aromatic nitrogens is 5. The Balaban J connectivity index is 1.24. The Kier molecular flexibility index (Phi) is 7.42. The van der Waals surface area contributed by atoms with Crippen LogP contribution in [0.1, 0.15) is 0 Å². The Morgan fingerprint density at radius 3 is 1.70 bits per heavy atom. The van der Waals surface area contributed by atoms with Crippen molar-refractivity contribution in [3.63, 3.8) is 0 Å². The van der Waals surface area contributed by atoms with Gasteiger partial charge >= 0.3 is 0 Å². The van der Waals surface area contributed by atoms with Crippen molar-refractivity contribution in [2.45, 2.75) is 0 Å². The number of hydrogen-bond donors (Lipinski definition) is 0. The molecule has 4 heterocycles. The largest absolute Gasteiger partial charge is 0.254 e. The molecule has 0 bridgehead atoms. The molecule has 7 aromatic carbocycles. The summed E-state index contributed by atoms with van der Waals surface area (Å²) in [6.07, 6.45) is 1.83. The van der Waals surface area contributed by atoms with Gasteiger partial charge in [0.1, 0.15) is 0 Å². The molecule has 260 valence electrons. The number of para-hydroxylation sites is 1. The van der Waals surface area contributed by atoms with Crippen molar-refractivity contribution in [3.8, 4) is 56.2 Å². The Morgan fingerprint density at radius 1 is 0.321 bits per heavy atom. The maximum Gasteiger partial charge on any atom is 0.0995 e. The van der Waals surface area contributed by atoms with Gasteiger partial charge in [0.05, 0.1) is 50.4 Å². The monoisotopic (exact) mass is 713 g/mol. The summed E-state index contributed by atoms with van der Waals surface area (Å²) in [7, 11) is 0.